The number of benzene rings is 5. The van der Waals surface area contributed by atoms with Gasteiger partial charge in [-0.2, -0.15) is 0 Å². The van der Waals surface area contributed by atoms with Crippen molar-refractivity contribution in [2.75, 3.05) is 4.90 Å². The zero-order chi connectivity index (χ0) is 29.7. The minimum Gasteiger partial charge on any atom is -0.455 e. The first-order valence-electron chi connectivity index (χ1n) is 17.0. The van der Waals surface area contributed by atoms with Crippen LogP contribution in [0.4, 0.5) is 5.69 Å². The van der Waals surface area contributed by atoms with E-state index in [1.54, 1.807) is 0 Å². The van der Waals surface area contributed by atoms with E-state index in [0.29, 0.717) is 23.9 Å². The molecule has 2 fully saturated rings. The first-order valence-corrected chi connectivity index (χ1v) is 17.8. The topological polar surface area (TPSA) is 16.4 Å². The third-order valence-corrected chi connectivity index (χ3v) is 12.1. The number of hydrogen-bond acceptors (Lipinski definition) is 3. The van der Waals surface area contributed by atoms with E-state index in [9.17, 15) is 0 Å². The van der Waals surface area contributed by atoms with E-state index < -0.39 is 0 Å². The molecule has 7 aromatic rings. The molecule has 3 heteroatoms. The Balaban J connectivity index is 1.18. The zero-order valence-corrected chi connectivity index (χ0v) is 26.5. The molecule has 2 nitrogen and oxygen atoms in total. The van der Waals surface area contributed by atoms with E-state index in [1.807, 2.05) is 11.3 Å². The average Bonchev–Trinajstić information content (AvgIpc) is 3.69. The third kappa shape index (κ3) is 4.75. The second kappa shape index (κ2) is 11.4. The number of thiophene rings is 1. The summed E-state index contributed by atoms with van der Waals surface area (Å²) in [5, 5.41) is 5.27. The lowest BCUT2D eigenvalue weighted by atomic mass is 9.78. The van der Waals surface area contributed by atoms with Gasteiger partial charge in [-0.25, -0.2) is 0 Å². The van der Waals surface area contributed by atoms with Gasteiger partial charge in [-0.1, -0.05) is 97.1 Å². The summed E-state index contributed by atoms with van der Waals surface area (Å²) in [6.45, 7) is 0. The predicted molar refractivity (Wildman–Crippen MR) is 192 cm³/mol. The fourth-order valence-electron chi connectivity index (χ4n) is 8.77. The van der Waals surface area contributed by atoms with Gasteiger partial charge < -0.3 is 9.32 Å². The van der Waals surface area contributed by atoms with E-state index in [2.05, 4.69) is 120 Å². The summed E-state index contributed by atoms with van der Waals surface area (Å²) in [7, 11) is 0. The Morgan fingerprint density at radius 2 is 1.07 bits per heavy atom. The van der Waals surface area contributed by atoms with Crippen LogP contribution in [0, 0.1) is 0 Å². The summed E-state index contributed by atoms with van der Waals surface area (Å²) in [5.74, 6) is 1.33. The van der Waals surface area contributed by atoms with E-state index in [-0.39, 0.29) is 0 Å². The average molecular weight is 606 g/mol. The Hall–Kier alpha value is -4.08. The van der Waals surface area contributed by atoms with Gasteiger partial charge in [0.25, 0.3) is 0 Å². The fraction of sp³-hybridized carbons (Fsp3) is 0.286. The number of rotatable bonds is 5. The molecule has 0 radical (unpaired) electrons. The van der Waals surface area contributed by atoms with Crippen LogP contribution in [-0.4, -0.2) is 12.1 Å². The molecule has 224 valence electrons. The first kappa shape index (κ1) is 27.2. The highest BCUT2D eigenvalue weighted by atomic mass is 32.1. The van der Waals surface area contributed by atoms with Gasteiger partial charge in [0.1, 0.15) is 5.58 Å². The quantitative estimate of drug-likeness (QED) is 0.194. The van der Waals surface area contributed by atoms with Gasteiger partial charge in [-0.3, -0.25) is 0 Å². The summed E-state index contributed by atoms with van der Waals surface area (Å²) < 4.78 is 9.29. The lowest BCUT2D eigenvalue weighted by Gasteiger charge is -2.46. The second-order valence-electron chi connectivity index (χ2n) is 13.4. The smallest absolute Gasteiger partial charge is 0.153 e. The predicted octanol–water partition coefficient (Wildman–Crippen LogP) is 12.2. The lowest BCUT2D eigenvalue weighted by molar-refractivity contribution is 0.311. The SMILES string of the molecule is c1ccc(C2CCC(N(c3cc4c5ccccc5oc4c4sc5ccccc5c34)C3CCC(c4ccccc4)CC3)CC2)cc1. The molecule has 0 spiro atoms. The van der Waals surface area contributed by atoms with Gasteiger partial charge in [0.2, 0.25) is 0 Å². The molecular weight excluding hydrogens is 567 g/mol. The number of para-hydroxylation sites is 1. The summed E-state index contributed by atoms with van der Waals surface area (Å²) in [5.41, 5.74) is 6.51. The van der Waals surface area contributed by atoms with Crippen molar-refractivity contribution in [3.05, 3.63) is 126 Å². The molecule has 0 unspecified atom stereocenters. The molecule has 2 aliphatic rings. The normalized spacial score (nSPS) is 22.4. The number of furan rings is 1. The molecule has 5 aromatic carbocycles. The molecule has 2 saturated carbocycles. The molecule has 0 amide bonds. The van der Waals surface area contributed by atoms with Crippen molar-refractivity contribution < 1.29 is 4.42 Å². The van der Waals surface area contributed by atoms with Crippen molar-refractivity contribution in [3.8, 4) is 0 Å². The monoisotopic (exact) mass is 605 g/mol. The molecule has 2 heterocycles. The van der Waals surface area contributed by atoms with E-state index >= 15 is 0 Å². The van der Waals surface area contributed by atoms with E-state index in [1.165, 1.54) is 99.1 Å². The summed E-state index contributed by atoms with van der Waals surface area (Å²) in [4.78, 5) is 2.95. The lowest BCUT2D eigenvalue weighted by Crippen LogP contribution is -2.46. The van der Waals surface area contributed by atoms with Crippen LogP contribution in [-0.2, 0) is 0 Å². The fourth-order valence-corrected chi connectivity index (χ4v) is 9.97. The number of fused-ring (bicyclic) bond motifs is 7. The maximum Gasteiger partial charge on any atom is 0.153 e. The summed E-state index contributed by atoms with van der Waals surface area (Å²) >= 11 is 1.91. The van der Waals surface area contributed by atoms with Gasteiger partial charge >= 0.3 is 0 Å². The maximum absolute atomic E-state index is 6.64. The Labute approximate surface area is 269 Å². The van der Waals surface area contributed by atoms with Crippen molar-refractivity contribution >= 4 is 59.1 Å². The highest BCUT2D eigenvalue weighted by molar-refractivity contribution is 7.26. The van der Waals surface area contributed by atoms with Crippen molar-refractivity contribution in [2.45, 2.75) is 75.3 Å². The standard InChI is InChI=1S/C42H39NOS/c1-3-11-28(12-4-1)30-19-23-32(24-20-30)43(33-25-21-31(22-26-33)29-13-5-2-6-14-29)37-27-36-34-15-7-9-17-38(34)44-41(36)42-40(37)35-16-8-10-18-39(35)45-42/h1-18,27,30-33H,19-26H2. The van der Waals surface area contributed by atoms with Crippen LogP contribution in [0.3, 0.4) is 0 Å². The van der Waals surface area contributed by atoms with Crippen LogP contribution in [0.2, 0.25) is 0 Å². The Kier molecular flexibility index (Phi) is 6.89. The Morgan fingerprint density at radius 3 is 1.69 bits per heavy atom. The highest BCUT2D eigenvalue weighted by Crippen LogP contribution is 2.50. The van der Waals surface area contributed by atoms with Crippen molar-refractivity contribution in [1.29, 1.82) is 0 Å². The molecule has 45 heavy (non-hydrogen) atoms. The van der Waals surface area contributed by atoms with Crippen LogP contribution >= 0.6 is 11.3 Å². The van der Waals surface area contributed by atoms with Gasteiger partial charge in [0.15, 0.2) is 5.58 Å². The van der Waals surface area contributed by atoms with Crippen LogP contribution in [0.15, 0.2) is 120 Å². The molecule has 0 bridgehead atoms. The van der Waals surface area contributed by atoms with Crippen LogP contribution in [0.5, 0.6) is 0 Å². The Morgan fingerprint density at radius 1 is 0.533 bits per heavy atom. The summed E-state index contributed by atoms with van der Waals surface area (Å²) in [6, 6.07) is 43.7. The molecular formula is C42H39NOS. The van der Waals surface area contributed by atoms with Gasteiger partial charge in [0, 0.05) is 44.0 Å². The van der Waals surface area contributed by atoms with Crippen molar-refractivity contribution in [1.82, 2.24) is 0 Å². The highest BCUT2D eigenvalue weighted by Gasteiger charge is 2.35. The molecule has 2 aliphatic carbocycles. The number of hydrogen-bond donors (Lipinski definition) is 0. The van der Waals surface area contributed by atoms with Gasteiger partial charge in [0.05, 0.1) is 4.70 Å². The zero-order valence-electron chi connectivity index (χ0n) is 25.7. The van der Waals surface area contributed by atoms with Crippen LogP contribution < -0.4 is 4.90 Å². The molecule has 0 saturated heterocycles. The number of anilines is 1. The molecule has 0 N–H and O–H groups in total. The van der Waals surface area contributed by atoms with Crippen molar-refractivity contribution in [2.24, 2.45) is 0 Å². The second-order valence-corrected chi connectivity index (χ2v) is 14.5. The number of nitrogens with zero attached hydrogens (tertiary/aromatic N) is 1. The first-order chi connectivity index (χ1) is 22.3. The van der Waals surface area contributed by atoms with Gasteiger partial charge in [-0.05, 0) is 92.5 Å². The summed E-state index contributed by atoms with van der Waals surface area (Å²) in [6.07, 6.45) is 10.0. The minimum absolute atomic E-state index is 0.542. The van der Waals surface area contributed by atoms with Crippen LogP contribution in [0.1, 0.15) is 74.3 Å². The molecule has 9 rings (SSSR count). The molecule has 0 aliphatic heterocycles. The Bertz CT molecular complexity index is 2030. The molecule has 0 atom stereocenters. The van der Waals surface area contributed by atoms with Gasteiger partial charge in [-0.15, -0.1) is 11.3 Å². The maximum atomic E-state index is 6.64. The third-order valence-electron chi connectivity index (χ3n) is 11.0. The minimum atomic E-state index is 0.542. The molecule has 2 aromatic heterocycles. The van der Waals surface area contributed by atoms with E-state index in [0.717, 1.165) is 11.2 Å². The van der Waals surface area contributed by atoms with Crippen LogP contribution in [0.25, 0.3) is 42.1 Å². The van der Waals surface area contributed by atoms with Crippen molar-refractivity contribution in [3.63, 3.8) is 0 Å². The van der Waals surface area contributed by atoms with E-state index in [4.69, 9.17) is 4.42 Å². The largest absolute Gasteiger partial charge is 0.455 e.